The Kier molecular flexibility index (Phi) is 8.69. The average molecular weight is 457 g/mol. The number of nitrogens with one attached hydrogen (secondary N) is 1. The van der Waals surface area contributed by atoms with Gasteiger partial charge in [-0.1, -0.05) is 50.0 Å². The molecule has 1 aromatic rings. The Morgan fingerprint density at radius 1 is 1.18 bits per heavy atom. The van der Waals surface area contributed by atoms with Crippen LogP contribution in [0.5, 0.6) is 5.75 Å². The normalized spacial score (nSPS) is 23.0. The first kappa shape index (κ1) is 25.0. The number of fused-ring (bicyclic) bond motifs is 3. The number of aliphatic hydroxyl groups is 2. The number of carbonyl (C=O) groups is 2. The highest BCUT2D eigenvalue weighted by Gasteiger charge is 2.50. The number of benzene rings is 1. The van der Waals surface area contributed by atoms with Crippen LogP contribution in [0.4, 0.5) is 0 Å². The third-order valence-corrected chi connectivity index (χ3v) is 6.18. The van der Waals surface area contributed by atoms with Crippen LogP contribution in [0.15, 0.2) is 47.6 Å². The first-order valence-corrected chi connectivity index (χ1v) is 11.9. The van der Waals surface area contributed by atoms with Gasteiger partial charge in [0.25, 0.3) is 0 Å². The second-order valence-corrected chi connectivity index (χ2v) is 8.99. The molecule has 0 spiro atoms. The first-order chi connectivity index (χ1) is 15.9. The number of hydrogen-bond donors (Lipinski definition) is 3. The summed E-state index contributed by atoms with van der Waals surface area (Å²) in [6.07, 6.45) is 5.59. The quantitative estimate of drug-likeness (QED) is 0.371. The van der Waals surface area contributed by atoms with Crippen molar-refractivity contribution in [2.24, 2.45) is 0 Å². The van der Waals surface area contributed by atoms with Gasteiger partial charge in [-0.3, -0.25) is 9.59 Å². The van der Waals surface area contributed by atoms with Gasteiger partial charge in [0.05, 0.1) is 18.6 Å². The third-order valence-electron chi connectivity index (χ3n) is 6.18. The number of rotatable bonds is 10. The number of amides is 2. The van der Waals surface area contributed by atoms with Crippen LogP contribution in [0, 0.1) is 0 Å². The van der Waals surface area contributed by atoms with Crippen molar-refractivity contribution in [3.63, 3.8) is 0 Å². The predicted octanol–water partition coefficient (Wildman–Crippen LogP) is 2.68. The largest absolute Gasteiger partial charge is 0.486 e. The van der Waals surface area contributed by atoms with Gasteiger partial charge < -0.3 is 25.2 Å². The van der Waals surface area contributed by atoms with Gasteiger partial charge in [-0.15, -0.1) is 0 Å². The number of ether oxygens (including phenoxy) is 1. The Morgan fingerprint density at radius 2 is 1.94 bits per heavy atom. The fourth-order valence-corrected chi connectivity index (χ4v) is 4.64. The highest BCUT2D eigenvalue weighted by atomic mass is 16.5. The minimum Gasteiger partial charge on any atom is -0.486 e. The van der Waals surface area contributed by atoms with Crippen molar-refractivity contribution in [3.8, 4) is 5.75 Å². The van der Waals surface area contributed by atoms with Crippen LogP contribution in [0.1, 0.15) is 57.9 Å². The summed E-state index contributed by atoms with van der Waals surface area (Å²) < 4.78 is 6.12. The zero-order valence-electron chi connectivity index (χ0n) is 19.8. The van der Waals surface area contributed by atoms with Gasteiger partial charge >= 0.3 is 0 Å². The van der Waals surface area contributed by atoms with Crippen LogP contribution in [-0.4, -0.2) is 64.9 Å². The summed E-state index contributed by atoms with van der Waals surface area (Å²) in [6.45, 7) is 6.29. The van der Waals surface area contributed by atoms with Crippen molar-refractivity contribution in [3.05, 3.63) is 53.1 Å². The Labute approximate surface area is 196 Å². The standard InChI is InChI=1S/C26H36N2O5/c1-4-5-6-9-13-28(22(30)15-17(2)3)20-16-19(26(32)27-12-14-29)23-18-10-7-8-11-21(18)33-25(23)24(20)31/h7-8,10-11,15-16,20,23-25,29,31H,4-6,9,12-14H2,1-3H3,(H,27,32)/t20-,23+,24+,25+/m1/s1. The molecule has 1 heterocycles. The molecule has 1 aliphatic carbocycles. The van der Waals surface area contributed by atoms with Crippen LogP contribution >= 0.6 is 0 Å². The zero-order chi connectivity index (χ0) is 24.0. The van der Waals surface area contributed by atoms with E-state index in [1.165, 1.54) is 0 Å². The van der Waals surface area contributed by atoms with Crippen molar-refractivity contribution >= 4 is 11.8 Å². The monoisotopic (exact) mass is 456 g/mol. The fourth-order valence-electron chi connectivity index (χ4n) is 4.64. The van der Waals surface area contributed by atoms with Crippen molar-refractivity contribution in [1.29, 1.82) is 0 Å². The lowest BCUT2D eigenvalue weighted by atomic mass is 9.77. The molecule has 0 unspecified atom stereocenters. The molecule has 0 radical (unpaired) electrons. The molecule has 4 atom stereocenters. The molecule has 0 aromatic heterocycles. The third kappa shape index (κ3) is 5.65. The van der Waals surface area contributed by atoms with E-state index in [2.05, 4.69) is 12.2 Å². The van der Waals surface area contributed by atoms with Gasteiger partial charge in [-0.2, -0.15) is 0 Å². The Bertz CT molecular complexity index is 906. The Balaban J connectivity index is 1.99. The molecule has 3 N–H and O–H groups in total. The molecule has 0 saturated carbocycles. The van der Waals surface area contributed by atoms with Crippen molar-refractivity contribution in [2.75, 3.05) is 19.7 Å². The summed E-state index contributed by atoms with van der Waals surface area (Å²) in [5.41, 5.74) is 2.17. The highest BCUT2D eigenvalue weighted by Crippen LogP contribution is 2.47. The number of para-hydroxylation sites is 1. The van der Waals surface area contributed by atoms with Gasteiger partial charge in [-0.25, -0.2) is 0 Å². The topological polar surface area (TPSA) is 99.1 Å². The molecule has 3 rings (SSSR count). The molecule has 2 amide bonds. The fraction of sp³-hybridized carbons (Fsp3) is 0.538. The average Bonchev–Trinajstić information content (AvgIpc) is 3.18. The molecule has 0 saturated heterocycles. The van der Waals surface area contributed by atoms with Crippen LogP contribution in [-0.2, 0) is 9.59 Å². The molecule has 33 heavy (non-hydrogen) atoms. The molecule has 2 aliphatic rings. The summed E-state index contributed by atoms with van der Waals surface area (Å²) in [7, 11) is 0. The van der Waals surface area contributed by atoms with E-state index in [-0.39, 0.29) is 25.0 Å². The summed E-state index contributed by atoms with van der Waals surface area (Å²) in [4.78, 5) is 27.9. The number of aliphatic hydroxyl groups excluding tert-OH is 2. The van der Waals surface area contributed by atoms with Gasteiger partial charge in [0.15, 0.2) is 0 Å². The van der Waals surface area contributed by atoms with Gasteiger partial charge in [0.2, 0.25) is 11.8 Å². The van der Waals surface area contributed by atoms with Gasteiger partial charge in [0, 0.05) is 30.3 Å². The smallest absolute Gasteiger partial charge is 0.247 e. The molecular weight excluding hydrogens is 420 g/mol. The minimum atomic E-state index is -0.988. The molecule has 0 fully saturated rings. The molecule has 180 valence electrons. The van der Waals surface area contributed by atoms with Crippen molar-refractivity contribution in [1.82, 2.24) is 10.2 Å². The molecule has 1 aliphatic heterocycles. The van der Waals surface area contributed by atoms with E-state index in [0.29, 0.717) is 17.9 Å². The van der Waals surface area contributed by atoms with Crippen LogP contribution in [0.3, 0.4) is 0 Å². The number of nitrogens with zero attached hydrogens (tertiary/aromatic N) is 1. The Morgan fingerprint density at radius 3 is 2.64 bits per heavy atom. The molecule has 7 heteroatoms. The lowest BCUT2D eigenvalue weighted by molar-refractivity contribution is -0.132. The lowest BCUT2D eigenvalue weighted by Crippen LogP contribution is -2.55. The lowest BCUT2D eigenvalue weighted by Gasteiger charge is -2.40. The van der Waals surface area contributed by atoms with Crippen LogP contribution < -0.4 is 10.1 Å². The highest BCUT2D eigenvalue weighted by molar-refractivity contribution is 5.96. The number of carbonyl (C=O) groups excluding carboxylic acids is 2. The molecule has 1 aromatic carbocycles. The summed E-state index contributed by atoms with van der Waals surface area (Å²) in [6, 6.07) is 6.77. The Hall–Kier alpha value is -2.64. The van der Waals surface area contributed by atoms with E-state index in [4.69, 9.17) is 4.74 Å². The maximum atomic E-state index is 13.2. The van der Waals surface area contributed by atoms with E-state index in [9.17, 15) is 19.8 Å². The minimum absolute atomic E-state index is 0.126. The summed E-state index contributed by atoms with van der Waals surface area (Å²) in [5, 5.41) is 23.3. The maximum absolute atomic E-state index is 13.2. The van der Waals surface area contributed by atoms with Crippen LogP contribution in [0.2, 0.25) is 0 Å². The number of hydrogen-bond acceptors (Lipinski definition) is 5. The van der Waals surface area contributed by atoms with Crippen molar-refractivity contribution in [2.45, 2.75) is 70.6 Å². The zero-order valence-corrected chi connectivity index (χ0v) is 19.8. The second kappa shape index (κ2) is 11.5. The molecule has 0 bridgehead atoms. The summed E-state index contributed by atoms with van der Waals surface area (Å²) in [5.74, 6) is -0.308. The van der Waals surface area contributed by atoms with E-state index in [1.807, 2.05) is 38.1 Å². The van der Waals surface area contributed by atoms with Gasteiger partial charge in [-0.05, 0) is 32.4 Å². The van der Waals surface area contributed by atoms with E-state index in [1.54, 1.807) is 17.1 Å². The second-order valence-electron chi connectivity index (χ2n) is 8.99. The number of allylic oxidation sites excluding steroid dienone is 1. The SMILES string of the molecule is CCCCCCN(C(=O)C=C(C)C)[C@@H]1C=C(C(=O)NCCO)[C@@H]2c3ccccc3O[C@@H]2[C@H]1O. The van der Waals surface area contributed by atoms with E-state index < -0.39 is 24.2 Å². The maximum Gasteiger partial charge on any atom is 0.247 e. The molecular formula is C26H36N2O5. The van der Waals surface area contributed by atoms with E-state index in [0.717, 1.165) is 36.8 Å². The summed E-state index contributed by atoms with van der Waals surface area (Å²) >= 11 is 0. The van der Waals surface area contributed by atoms with E-state index >= 15 is 0 Å². The van der Waals surface area contributed by atoms with Crippen molar-refractivity contribution < 1.29 is 24.5 Å². The number of unbranched alkanes of at least 4 members (excludes halogenated alkanes) is 3. The predicted molar refractivity (Wildman–Crippen MR) is 127 cm³/mol. The van der Waals surface area contributed by atoms with Crippen LogP contribution in [0.25, 0.3) is 0 Å². The molecule has 7 nitrogen and oxygen atoms in total. The van der Waals surface area contributed by atoms with Gasteiger partial charge in [0.1, 0.15) is 18.0 Å². The first-order valence-electron chi connectivity index (χ1n) is 11.9.